The van der Waals surface area contributed by atoms with Crippen molar-refractivity contribution >= 4 is 17.0 Å². The highest BCUT2D eigenvalue weighted by molar-refractivity contribution is 5.78. The quantitative estimate of drug-likeness (QED) is 0.686. The van der Waals surface area contributed by atoms with E-state index < -0.39 is 11.9 Å². The van der Waals surface area contributed by atoms with Crippen LogP contribution in [-0.2, 0) is 23.6 Å². The van der Waals surface area contributed by atoms with Crippen LogP contribution in [0.5, 0.6) is 0 Å². The predicted molar refractivity (Wildman–Crippen MR) is 92.8 cm³/mol. The highest BCUT2D eigenvalue weighted by atomic mass is 16.5. The van der Waals surface area contributed by atoms with Crippen LogP contribution < -0.4 is 11.2 Å². The molecule has 2 N–H and O–H groups in total. The molecule has 3 aromatic rings. The third-order valence-electron chi connectivity index (χ3n) is 4.66. The number of hydrogen-bond acceptors (Lipinski definition) is 4. The number of hydrogen-bond donors (Lipinski definition) is 2. The number of fused-ring (bicyclic) bond motifs is 1. The smallest absolute Gasteiger partial charge is 0.328 e. The molecule has 0 amide bonds. The Kier molecular flexibility index (Phi) is 4.12. The minimum Gasteiger partial charge on any atom is -0.469 e. The van der Waals surface area contributed by atoms with E-state index in [9.17, 15) is 14.4 Å². The van der Waals surface area contributed by atoms with Crippen molar-refractivity contribution < 1.29 is 9.53 Å². The number of H-pyrrole nitrogens is 2. The fourth-order valence-electron chi connectivity index (χ4n) is 3.25. The van der Waals surface area contributed by atoms with E-state index in [-0.39, 0.29) is 17.7 Å². The number of aryl methyl sites for hydroxylation is 3. The summed E-state index contributed by atoms with van der Waals surface area (Å²) in [6.07, 6.45) is 0.0323. The van der Waals surface area contributed by atoms with Crippen LogP contribution in [0.2, 0.25) is 0 Å². The molecule has 0 radical (unpaired) electrons. The monoisotopic (exact) mass is 344 g/mol. The van der Waals surface area contributed by atoms with Crippen molar-refractivity contribution in [3.63, 3.8) is 0 Å². The van der Waals surface area contributed by atoms with Crippen molar-refractivity contribution in [1.82, 2.24) is 19.3 Å². The minimum atomic E-state index is -0.470. The van der Waals surface area contributed by atoms with Crippen LogP contribution in [0.3, 0.4) is 0 Å². The Labute approximate surface area is 143 Å². The maximum absolute atomic E-state index is 12.2. The molecular weight excluding hydrogens is 324 g/mol. The number of nitrogens with zero attached hydrogens (tertiary/aromatic N) is 2. The van der Waals surface area contributed by atoms with E-state index in [0.29, 0.717) is 11.3 Å². The second kappa shape index (κ2) is 6.12. The molecule has 0 spiro atoms. The molecule has 8 heteroatoms. The van der Waals surface area contributed by atoms with E-state index in [2.05, 4.69) is 10.2 Å². The number of carbonyl (C=O) groups is 1. The maximum Gasteiger partial charge on any atom is 0.328 e. The number of aromatic nitrogens is 4. The molecule has 0 aliphatic rings. The Balaban J connectivity index is 2.21. The first kappa shape index (κ1) is 16.8. The zero-order valence-corrected chi connectivity index (χ0v) is 14.5. The lowest BCUT2D eigenvalue weighted by Crippen LogP contribution is -2.19. The van der Waals surface area contributed by atoms with E-state index in [1.165, 1.54) is 7.11 Å². The summed E-state index contributed by atoms with van der Waals surface area (Å²) in [5.41, 5.74) is 3.05. The van der Waals surface area contributed by atoms with Gasteiger partial charge >= 0.3 is 11.7 Å². The minimum absolute atomic E-state index is 0.0323. The molecule has 1 aromatic carbocycles. The predicted octanol–water partition coefficient (Wildman–Crippen LogP) is 0.897. The lowest BCUT2D eigenvalue weighted by atomic mass is 9.88. The molecule has 0 aliphatic heterocycles. The van der Waals surface area contributed by atoms with Gasteiger partial charge in [0, 0.05) is 31.3 Å². The third kappa shape index (κ3) is 2.69. The van der Waals surface area contributed by atoms with E-state index in [1.54, 1.807) is 30.2 Å². The SMILES string of the molecule is COC(=O)CC(c1ccc2c(c1)n(C)c(=O)n2C)c1c(C)[nH][nH]c1=O. The van der Waals surface area contributed by atoms with Crippen molar-refractivity contribution in [3.05, 3.63) is 55.9 Å². The molecule has 132 valence electrons. The van der Waals surface area contributed by atoms with Crippen LogP contribution in [0, 0.1) is 6.92 Å². The number of benzene rings is 1. The number of rotatable bonds is 4. The largest absolute Gasteiger partial charge is 0.469 e. The number of aromatic amines is 2. The lowest BCUT2D eigenvalue weighted by molar-refractivity contribution is -0.140. The Morgan fingerprint density at radius 3 is 2.44 bits per heavy atom. The molecule has 0 fully saturated rings. The normalized spacial score (nSPS) is 12.5. The molecule has 3 rings (SSSR count). The fourth-order valence-corrected chi connectivity index (χ4v) is 3.25. The van der Waals surface area contributed by atoms with Gasteiger partial charge in [0.25, 0.3) is 5.56 Å². The zero-order valence-electron chi connectivity index (χ0n) is 14.5. The summed E-state index contributed by atoms with van der Waals surface area (Å²) in [5, 5.41) is 5.34. The summed E-state index contributed by atoms with van der Waals surface area (Å²) in [6, 6.07) is 5.50. The molecule has 0 aliphatic carbocycles. The number of nitrogens with one attached hydrogen (secondary N) is 2. The van der Waals surface area contributed by atoms with Gasteiger partial charge < -0.3 is 9.84 Å². The van der Waals surface area contributed by atoms with Crippen molar-refractivity contribution in [1.29, 1.82) is 0 Å². The summed E-state index contributed by atoms with van der Waals surface area (Å²) >= 11 is 0. The first-order chi connectivity index (χ1) is 11.8. The van der Waals surface area contributed by atoms with Gasteiger partial charge in [-0.05, 0) is 24.6 Å². The molecule has 1 unspecified atom stereocenters. The molecule has 8 nitrogen and oxygen atoms in total. The Morgan fingerprint density at radius 1 is 1.16 bits per heavy atom. The molecule has 0 saturated heterocycles. The lowest BCUT2D eigenvalue weighted by Gasteiger charge is -2.16. The van der Waals surface area contributed by atoms with Gasteiger partial charge in [-0.25, -0.2) is 4.79 Å². The van der Waals surface area contributed by atoms with Crippen molar-refractivity contribution in [3.8, 4) is 0 Å². The summed E-state index contributed by atoms with van der Waals surface area (Å²) in [5.74, 6) is -0.880. The van der Waals surface area contributed by atoms with Crippen LogP contribution in [0.1, 0.15) is 29.2 Å². The number of imidazole rings is 1. The Bertz CT molecular complexity index is 1070. The van der Waals surface area contributed by atoms with Crippen LogP contribution in [0.15, 0.2) is 27.8 Å². The van der Waals surface area contributed by atoms with Gasteiger partial charge in [0.1, 0.15) is 0 Å². The second-order valence-electron chi connectivity index (χ2n) is 6.10. The van der Waals surface area contributed by atoms with E-state index in [1.807, 2.05) is 18.2 Å². The molecule has 0 saturated carbocycles. The highest BCUT2D eigenvalue weighted by Gasteiger charge is 2.25. The van der Waals surface area contributed by atoms with Gasteiger partial charge in [-0.15, -0.1) is 0 Å². The van der Waals surface area contributed by atoms with Gasteiger partial charge in [-0.3, -0.25) is 23.8 Å². The average Bonchev–Trinajstić information content (AvgIpc) is 3.05. The van der Waals surface area contributed by atoms with Gasteiger partial charge in [0.05, 0.1) is 24.6 Å². The van der Waals surface area contributed by atoms with E-state index >= 15 is 0 Å². The molecular formula is C17H20N4O4. The fraction of sp³-hybridized carbons (Fsp3) is 0.353. The van der Waals surface area contributed by atoms with Gasteiger partial charge in [-0.2, -0.15) is 0 Å². The molecule has 1 atom stereocenters. The van der Waals surface area contributed by atoms with Crippen molar-refractivity contribution in [2.45, 2.75) is 19.3 Å². The average molecular weight is 344 g/mol. The van der Waals surface area contributed by atoms with E-state index in [0.717, 1.165) is 16.6 Å². The summed E-state index contributed by atoms with van der Waals surface area (Å²) in [4.78, 5) is 36.2. The topological polar surface area (TPSA) is 102 Å². The molecule has 2 aromatic heterocycles. The zero-order chi connectivity index (χ0) is 18.3. The van der Waals surface area contributed by atoms with Gasteiger partial charge in [-0.1, -0.05) is 6.07 Å². The van der Waals surface area contributed by atoms with Crippen molar-refractivity contribution in [2.24, 2.45) is 14.1 Å². The van der Waals surface area contributed by atoms with Crippen LogP contribution in [0.4, 0.5) is 0 Å². The maximum atomic E-state index is 12.2. The summed E-state index contributed by atoms with van der Waals surface area (Å²) in [6.45, 7) is 1.77. The number of ether oxygens (including phenoxy) is 1. The first-order valence-electron chi connectivity index (χ1n) is 7.84. The van der Waals surface area contributed by atoms with Gasteiger partial charge in [0.15, 0.2) is 0 Å². The number of esters is 1. The van der Waals surface area contributed by atoms with Crippen LogP contribution in [0.25, 0.3) is 11.0 Å². The highest BCUT2D eigenvalue weighted by Crippen LogP contribution is 2.30. The summed E-state index contributed by atoms with van der Waals surface area (Å²) < 4.78 is 7.90. The second-order valence-corrected chi connectivity index (χ2v) is 6.10. The molecule has 25 heavy (non-hydrogen) atoms. The molecule has 0 bridgehead atoms. The Morgan fingerprint density at radius 2 is 1.84 bits per heavy atom. The number of carbonyl (C=O) groups excluding carboxylic acids is 1. The van der Waals surface area contributed by atoms with Gasteiger partial charge in [0.2, 0.25) is 0 Å². The van der Waals surface area contributed by atoms with Crippen LogP contribution in [-0.4, -0.2) is 32.4 Å². The standard InChI is InChI=1S/C17H20N4O4/c1-9-15(16(23)19-18-9)11(8-14(22)25-4)10-5-6-12-13(7-10)21(3)17(24)20(12)2/h5-7,11H,8H2,1-4H3,(H2,18,19,23). The number of methoxy groups -OCH3 is 1. The third-order valence-corrected chi connectivity index (χ3v) is 4.66. The molecule has 2 heterocycles. The van der Waals surface area contributed by atoms with Crippen LogP contribution >= 0.6 is 0 Å². The summed E-state index contributed by atoms with van der Waals surface area (Å²) in [7, 11) is 4.72. The first-order valence-corrected chi connectivity index (χ1v) is 7.84. The Hall–Kier alpha value is -3.03. The van der Waals surface area contributed by atoms with E-state index in [4.69, 9.17) is 4.74 Å². The van der Waals surface area contributed by atoms with Crippen molar-refractivity contribution in [2.75, 3.05) is 7.11 Å².